The number of esters is 3. The first-order valence-corrected chi connectivity index (χ1v) is 13.6. The Morgan fingerprint density at radius 1 is 0.805 bits per heavy atom. The van der Waals surface area contributed by atoms with Gasteiger partial charge in [-0.1, -0.05) is 0 Å². The van der Waals surface area contributed by atoms with Gasteiger partial charge >= 0.3 is 17.9 Å². The second-order valence-electron chi connectivity index (χ2n) is 9.18. The molecular weight excluding hydrogens is 546 g/mol. The Hall–Kier alpha value is -3.30. The number of hydrogen-bond acceptors (Lipinski definition) is 12. The summed E-state index contributed by atoms with van der Waals surface area (Å²) in [5.41, 5.74) is 0. The summed E-state index contributed by atoms with van der Waals surface area (Å²) in [6.45, 7) is 5.55. The van der Waals surface area contributed by atoms with Crippen molar-refractivity contribution in [3.63, 3.8) is 0 Å². The lowest BCUT2D eigenvalue weighted by atomic mass is 10.0. The highest BCUT2D eigenvalue weighted by Gasteiger charge is 2.44. The molecule has 0 aliphatic carbocycles. The van der Waals surface area contributed by atoms with E-state index in [0.717, 1.165) is 0 Å². The third-order valence-electron chi connectivity index (χ3n) is 5.60. The summed E-state index contributed by atoms with van der Waals surface area (Å²) in [5.74, 6) is -2.00. The smallest absolute Gasteiger partial charge is 0.303 e. The number of hydrogen-bond donors (Lipinski definition) is 3. The largest absolute Gasteiger partial charge is 0.463 e. The van der Waals surface area contributed by atoms with Crippen LogP contribution in [0.15, 0.2) is 0 Å². The molecule has 15 heteroatoms. The Bertz CT molecular complexity index is 841. The van der Waals surface area contributed by atoms with Crippen LogP contribution in [0.1, 0.15) is 59.3 Å². The first kappa shape index (κ1) is 35.7. The minimum Gasteiger partial charge on any atom is -0.463 e. The summed E-state index contributed by atoms with van der Waals surface area (Å²) in [6.07, 6.45) is -0.642. The fourth-order valence-corrected chi connectivity index (χ4v) is 3.78. The van der Waals surface area contributed by atoms with Crippen molar-refractivity contribution in [2.75, 3.05) is 46.1 Å². The molecular formula is C26H43N3O12. The first-order valence-electron chi connectivity index (χ1n) is 13.6. The van der Waals surface area contributed by atoms with Gasteiger partial charge in [0.15, 0.2) is 12.4 Å². The van der Waals surface area contributed by atoms with Crippen molar-refractivity contribution in [2.45, 2.75) is 83.9 Å². The quantitative estimate of drug-likeness (QED) is 0.0673. The molecule has 1 heterocycles. The molecule has 0 saturated carbocycles. The summed E-state index contributed by atoms with van der Waals surface area (Å²) in [4.78, 5) is 68.3. The van der Waals surface area contributed by atoms with Gasteiger partial charge in [0, 0.05) is 66.3 Å². The molecule has 1 aliphatic heterocycles. The topological polar surface area (TPSA) is 194 Å². The Morgan fingerprint density at radius 2 is 1.49 bits per heavy atom. The highest BCUT2D eigenvalue weighted by Crippen LogP contribution is 2.27. The predicted molar refractivity (Wildman–Crippen MR) is 141 cm³/mol. The van der Waals surface area contributed by atoms with Crippen LogP contribution in [0.3, 0.4) is 0 Å². The molecule has 41 heavy (non-hydrogen) atoms. The number of unbranched alkanes of at least 4 members (excludes halogenated alkanes) is 1. The summed E-state index contributed by atoms with van der Waals surface area (Å²) in [6, 6.07) is 0. The zero-order valence-corrected chi connectivity index (χ0v) is 24.0. The molecule has 1 fully saturated rings. The fourth-order valence-electron chi connectivity index (χ4n) is 3.78. The van der Waals surface area contributed by atoms with Gasteiger partial charge < -0.3 is 44.4 Å². The second-order valence-corrected chi connectivity index (χ2v) is 9.18. The first-order chi connectivity index (χ1) is 19.6. The predicted octanol–water partition coefficient (Wildman–Crippen LogP) is -0.510. The van der Waals surface area contributed by atoms with Crippen LogP contribution in [0.4, 0.5) is 0 Å². The lowest BCUT2D eigenvalue weighted by Gasteiger charge is -2.39. The van der Waals surface area contributed by atoms with Crippen molar-refractivity contribution < 1.29 is 57.2 Å². The van der Waals surface area contributed by atoms with Crippen molar-refractivity contribution in [1.29, 1.82) is 0 Å². The van der Waals surface area contributed by atoms with Crippen LogP contribution in [-0.4, -0.2) is 107 Å². The van der Waals surface area contributed by atoms with Crippen molar-refractivity contribution in [3.05, 3.63) is 0 Å². The van der Waals surface area contributed by atoms with Gasteiger partial charge in [-0.05, 0) is 19.3 Å². The zero-order valence-electron chi connectivity index (χ0n) is 24.0. The molecule has 4 unspecified atom stereocenters. The minimum absolute atomic E-state index is 0.108. The molecule has 1 saturated heterocycles. The average Bonchev–Trinajstić information content (AvgIpc) is 2.90. The fraction of sp³-hybridized carbons (Fsp3) is 0.769. The summed E-state index contributed by atoms with van der Waals surface area (Å²) < 4.78 is 32.4. The molecule has 234 valence electrons. The molecule has 4 atom stereocenters. The molecule has 1 rings (SSSR count). The number of carbonyl (C=O) groups is 6. The number of carbonyl (C=O) groups excluding carboxylic acids is 6. The van der Waals surface area contributed by atoms with Gasteiger partial charge in [-0.2, -0.15) is 0 Å². The molecule has 0 aromatic heterocycles. The second kappa shape index (κ2) is 21.4. The van der Waals surface area contributed by atoms with E-state index in [0.29, 0.717) is 51.9 Å². The van der Waals surface area contributed by atoms with Crippen molar-refractivity contribution in [1.82, 2.24) is 16.0 Å². The van der Waals surface area contributed by atoms with Gasteiger partial charge in [0.2, 0.25) is 18.2 Å². The van der Waals surface area contributed by atoms with E-state index in [1.165, 1.54) is 20.8 Å². The van der Waals surface area contributed by atoms with Crippen molar-refractivity contribution >= 4 is 36.1 Å². The van der Waals surface area contributed by atoms with Crippen LogP contribution in [-0.2, 0) is 57.2 Å². The molecule has 3 N–H and O–H groups in total. The van der Waals surface area contributed by atoms with Crippen LogP contribution in [0.25, 0.3) is 0 Å². The van der Waals surface area contributed by atoms with E-state index in [1.807, 2.05) is 0 Å². The molecule has 0 bridgehead atoms. The zero-order chi connectivity index (χ0) is 30.5. The van der Waals surface area contributed by atoms with E-state index < -0.39 is 42.5 Å². The van der Waals surface area contributed by atoms with Crippen LogP contribution in [0, 0.1) is 0 Å². The number of rotatable bonds is 21. The Kier molecular flexibility index (Phi) is 18.7. The van der Waals surface area contributed by atoms with E-state index >= 15 is 0 Å². The van der Waals surface area contributed by atoms with E-state index in [9.17, 15) is 28.8 Å². The SMILES string of the molecule is CC(=O)OCC1OC(OCCCCC(=O)NCCCNC(=O)CCOCCNC=O)CC(OC(C)=O)C1OC(C)=O. The monoisotopic (exact) mass is 589 g/mol. The summed E-state index contributed by atoms with van der Waals surface area (Å²) in [5, 5.41) is 8.00. The Labute approximate surface area is 239 Å². The average molecular weight is 590 g/mol. The van der Waals surface area contributed by atoms with Crippen LogP contribution in [0.5, 0.6) is 0 Å². The number of nitrogens with one attached hydrogen (secondary N) is 3. The van der Waals surface area contributed by atoms with E-state index in [-0.39, 0.29) is 50.9 Å². The van der Waals surface area contributed by atoms with Gasteiger partial charge in [0.05, 0.1) is 13.2 Å². The van der Waals surface area contributed by atoms with Crippen LogP contribution in [0.2, 0.25) is 0 Å². The van der Waals surface area contributed by atoms with E-state index in [4.69, 9.17) is 28.4 Å². The third-order valence-corrected chi connectivity index (χ3v) is 5.60. The van der Waals surface area contributed by atoms with Crippen molar-refractivity contribution in [2.24, 2.45) is 0 Å². The maximum absolute atomic E-state index is 12.1. The minimum atomic E-state index is -0.968. The lowest BCUT2D eigenvalue weighted by molar-refractivity contribution is -0.266. The molecule has 0 radical (unpaired) electrons. The highest BCUT2D eigenvalue weighted by atomic mass is 16.7. The summed E-state index contributed by atoms with van der Waals surface area (Å²) in [7, 11) is 0. The Balaban J connectivity index is 2.26. The standard InChI is InChI=1S/C26H43N3O12/c1-18(31)38-16-22-26(40-20(3)33)21(39-19(2)32)15-25(41-22)37-12-5-4-7-23(34)28-9-6-10-29-24(35)8-13-36-14-11-27-17-30/h17,21-22,25-26H,4-16H2,1-3H3,(H,27,30)(H,28,34)(H,29,35). The van der Waals surface area contributed by atoms with Gasteiger partial charge in [-0.3, -0.25) is 28.8 Å². The summed E-state index contributed by atoms with van der Waals surface area (Å²) >= 11 is 0. The van der Waals surface area contributed by atoms with E-state index in [1.54, 1.807) is 0 Å². The normalized spacial score (nSPS) is 19.9. The highest BCUT2D eigenvalue weighted by molar-refractivity contribution is 5.76. The number of ether oxygens (including phenoxy) is 6. The maximum Gasteiger partial charge on any atom is 0.303 e. The maximum atomic E-state index is 12.1. The number of amides is 3. The van der Waals surface area contributed by atoms with Gasteiger partial charge in [-0.15, -0.1) is 0 Å². The van der Waals surface area contributed by atoms with Crippen LogP contribution < -0.4 is 16.0 Å². The molecule has 0 spiro atoms. The molecule has 15 nitrogen and oxygen atoms in total. The van der Waals surface area contributed by atoms with Gasteiger partial charge in [0.1, 0.15) is 18.8 Å². The molecule has 3 amide bonds. The Morgan fingerprint density at radius 3 is 2.12 bits per heavy atom. The lowest BCUT2D eigenvalue weighted by Crippen LogP contribution is -2.54. The molecule has 1 aliphatic rings. The van der Waals surface area contributed by atoms with Gasteiger partial charge in [0.25, 0.3) is 0 Å². The van der Waals surface area contributed by atoms with Crippen LogP contribution >= 0.6 is 0 Å². The molecule has 0 aromatic carbocycles. The van der Waals surface area contributed by atoms with Gasteiger partial charge in [-0.25, -0.2) is 0 Å². The van der Waals surface area contributed by atoms with E-state index in [2.05, 4.69) is 16.0 Å². The van der Waals surface area contributed by atoms with Crippen molar-refractivity contribution in [3.8, 4) is 0 Å². The molecule has 0 aromatic rings. The third kappa shape index (κ3) is 17.9.